The second-order valence-electron chi connectivity index (χ2n) is 7.44. The lowest BCUT2D eigenvalue weighted by Gasteiger charge is -2.40. The molecule has 1 fully saturated rings. The van der Waals surface area contributed by atoms with Crippen LogP contribution in [0.25, 0.3) is 0 Å². The Kier molecular flexibility index (Phi) is 4.66. The topological polar surface area (TPSA) is 68.9 Å². The van der Waals surface area contributed by atoms with Crippen molar-refractivity contribution in [3.05, 3.63) is 52.2 Å². The third-order valence-corrected chi connectivity index (χ3v) is 5.83. The van der Waals surface area contributed by atoms with Crippen LogP contribution in [-0.4, -0.2) is 26.8 Å². The highest BCUT2D eigenvalue weighted by molar-refractivity contribution is 5.89. The number of fused-ring (bicyclic) bond motifs is 1. The lowest BCUT2D eigenvalue weighted by atomic mass is 9.64. The summed E-state index contributed by atoms with van der Waals surface area (Å²) in [5, 5.41) is 7.53. The Balaban J connectivity index is 1.33. The first-order valence-electron chi connectivity index (χ1n) is 9.71. The molecule has 0 bridgehead atoms. The van der Waals surface area contributed by atoms with Gasteiger partial charge >= 0.3 is 5.69 Å². The number of carbonyl (C=O) groups excluding carboxylic acids is 1. The van der Waals surface area contributed by atoms with Crippen molar-refractivity contribution in [1.29, 1.82) is 0 Å². The van der Waals surface area contributed by atoms with Crippen LogP contribution in [-0.2, 0) is 29.7 Å². The molecule has 26 heavy (non-hydrogen) atoms. The highest BCUT2D eigenvalue weighted by atomic mass is 16.2. The van der Waals surface area contributed by atoms with Crippen molar-refractivity contribution in [3.63, 3.8) is 0 Å². The van der Waals surface area contributed by atoms with E-state index in [4.69, 9.17) is 0 Å². The van der Waals surface area contributed by atoms with Crippen molar-refractivity contribution >= 4 is 5.91 Å². The van der Waals surface area contributed by atoms with Gasteiger partial charge in [-0.25, -0.2) is 9.48 Å². The van der Waals surface area contributed by atoms with Crippen molar-refractivity contribution in [2.24, 2.45) is 0 Å². The maximum Gasteiger partial charge on any atom is 0.345 e. The zero-order valence-electron chi connectivity index (χ0n) is 15.1. The van der Waals surface area contributed by atoms with Gasteiger partial charge in [-0.3, -0.25) is 9.36 Å². The minimum Gasteiger partial charge on any atom is -0.355 e. The number of nitrogens with zero attached hydrogens (tertiary/aromatic N) is 3. The first-order valence-corrected chi connectivity index (χ1v) is 9.71. The number of aryl methyl sites for hydroxylation is 2. The number of rotatable bonds is 6. The van der Waals surface area contributed by atoms with Crippen LogP contribution < -0.4 is 11.0 Å². The molecule has 2 aliphatic rings. The maximum absolute atomic E-state index is 12.8. The summed E-state index contributed by atoms with van der Waals surface area (Å²) in [4.78, 5) is 25.1. The predicted octanol–water partition coefficient (Wildman–Crippen LogP) is 2.01. The molecule has 1 amide bonds. The van der Waals surface area contributed by atoms with Crippen LogP contribution in [0.4, 0.5) is 0 Å². The van der Waals surface area contributed by atoms with Gasteiger partial charge in [-0.1, -0.05) is 36.8 Å². The van der Waals surface area contributed by atoms with Gasteiger partial charge in [-0.2, -0.15) is 5.10 Å². The smallest absolute Gasteiger partial charge is 0.345 e. The van der Waals surface area contributed by atoms with Gasteiger partial charge in [0.05, 0.1) is 5.41 Å². The Labute approximate surface area is 153 Å². The normalized spacial score (nSPS) is 18.0. The molecule has 0 unspecified atom stereocenters. The Hall–Kier alpha value is -2.37. The molecule has 2 heterocycles. The van der Waals surface area contributed by atoms with Gasteiger partial charge in [0.15, 0.2) is 0 Å². The quantitative estimate of drug-likeness (QED) is 0.807. The number of nitrogens with one attached hydrogen (secondary N) is 1. The number of hydrogen-bond acceptors (Lipinski definition) is 3. The van der Waals surface area contributed by atoms with E-state index in [1.54, 1.807) is 9.25 Å². The summed E-state index contributed by atoms with van der Waals surface area (Å²) in [6.07, 6.45) is 6.68. The molecule has 2 aromatic rings. The predicted molar refractivity (Wildman–Crippen MR) is 99.0 cm³/mol. The molecule has 4 rings (SSSR count). The Morgan fingerprint density at radius 1 is 1.15 bits per heavy atom. The molecule has 0 atom stereocenters. The number of amides is 1. The monoisotopic (exact) mass is 354 g/mol. The minimum absolute atomic E-state index is 0.00854. The summed E-state index contributed by atoms with van der Waals surface area (Å²) >= 11 is 0. The fourth-order valence-electron chi connectivity index (χ4n) is 4.13. The summed E-state index contributed by atoms with van der Waals surface area (Å²) in [6.45, 7) is 1.91. The Bertz CT molecular complexity index is 833. The Morgan fingerprint density at radius 3 is 2.65 bits per heavy atom. The van der Waals surface area contributed by atoms with Crippen LogP contribution in [0.15, 0.2) is 35.1 Å². The van der Waals surface area contributed by atoms with E-state index in [1.807, 2.05) is 30.3 Å². The van der Waals surface area contributed by atoms with Crippen molar-refractivity contribution in [1.82, 2.24) is 19.7 Å². The average Bonchev–Trinajstić information content (AvgIpc) is 2.95. The van der Waals surface area contributed by atoms with E-state index >= 15 is 0 Å². The fraction of sp³-hybridized carbons (Fsp3) is 0.550. The van der Waals surface area contributed by atoms with E-state index in [0.717, 1.165) is 56.5 Å². The molecule has 6 nitrogen and oxygen atoms in total. The molecule has 0 spiro atoms. The summed E-state index contributed by atoms with van der Waals surface area (Å²) in [6, 6.07) is 10.1. The van der Waals surface area contributed by atoms with Gasteiger partial charge in [-0.15, -0.1) is 0 Å². The van der Waals surface area contributed by atoms with E-state index in [9.17, 15) is 9.59 Å². The lowest BCUT2D eigenvalue weighted by molar-refractivity contribution is -0.129. The van der Waals surface area contributed by atoms with Gasteiger partial charge in [-0.05, 0) is 37.7 Å². The molecule has 6 heteroatoms. The molecule has 0 radical (unpaired) electrons. The second kappa shape index (κ2) is 7.09. The molecular formula is C20H26N4O2. The molecule has 1 aromatic carbocycles. The molecule has 1 saturated carbocycles. The van der Waals surface area contributed by atoms with E-state index in [-0.39, 0.29) is 17.0 Å². The van der Waals surface area contributed by atoms with Crippen LogP contribution in [0.1, 0.15) is 49.9 Å². The maximum atomic E-state index is 12.8. The van der Waals surface area contributed by atoms with Crippen LogP contribution in [0.5, 0.6) is 0 Å². The Morgan fingerprint density at radius 2 is 1.96 bits per heavy atom. The molecule has 1 aliphatic carbocycles. The van der Waals surface area contributed by atoms with Crippen molar-refractivity contribution in [3.8, 4) is 0 Å². The molecular weight excluding hydrogens is 328 g/mol. The van der Waals surface area contributed by atoms with E-state index in [2.05, 4.69) is 10.4 Å². The van der Waals surface area contributed by atoms with E-state index in [1.165, 1.54) is 0 Å². The first-order chi connectivity index (χ1) is 12.7. The molecule has 138 valence electrons. The van der Waals surface area contributed by atoms with Gasteiger partial charge in [0, 0.05) is 26.1 Å². The zero-order chi connectivity index (χ0) is 18.0. The zero-order valence-corrected chi connectivity index (χ0v) is 15.1. The summed E-state index contributed by atoms with van der Waals surface area (Å²) in [5.74, 6) is 1.02. The summed E-state index contributed by atoms with van der Waals surface area (Å²) in [5.41, 5.74) is 0.749. The van der Waals surface area contributed by atoms with Crippen LogP contribution >= 0.6 is 0 Å². The standard InChI is InChI=1S/C20H26N4O2/c25-18(20(11-6-12-20)16-8-2-1-3-9-16)21-13-7-15-24-19(26)23-14-5-4-10-17(23)22-24/h1-3,8-9H,4-7,10-15H2,(H,21,25). The molecule has 0 saturated heterocycles. The minimum atomic E-state index is -0.356. The first kappa shape index (κ1) is 17.1. The SMILES string of the molecule is O=C(NCCCn1nc2n(c1=O)CCCC2)C1(c2ccccc2)CCC1. The highest BCUT2D eigenvalue weighted by Gasteiger charge is 2.45. The van der Waals surface area contributed by atoms with Crippen molar-refractivity contribution in [2.45, 2.75) is 63.5 Å². The fourth-order valence-corrected chi connectivity index (χ4v) is 4.13. The molecule has 1 N–H and O–H groups in total. The van der Waals surface area contributed by atoms with Crippen molar-refractivity contribution < 1.29 is 4.79 Å². The highest BCUT2D eigenvalue weighted by Crippen LogP contribution is 2.43. The van der Waals surface area contributed by atoms with Gasteiger partial charge < -0.3 is 5.32 Å². The van der Waals surface area contributed by atoms with Crippen molar-refractivity contribution in [2.75, 3.05) is 6.54 Å². The summed E-state index contributed by atoms with van der Waals surface area (Å²) in [7, 11) is 0. The largest absolute Gasteiger partial charge is 0.355 e. The third kappa shape index (κ3) is 2.97. The number of hydrogen-bond donors (Lipinski definition) is 1. The number of carbonyl (C=O) groups is 1. The lowest BCUT2D eigenvalue weighted by Crippen LogP contribution is -2.49. The molecule has 1 aromatic heterocycles. The van der Waals surface area contributed by atoms with Crippen LogP contribution in [0.2, 0.25) is 0 Å². The molecule has 1 aliphatic heterocycles. The van der Waals surface area contributed by atoms with Gasteiger partial charge in [0.1, 0.15) is 5.82 Å². The number of aromatic nitrogens is 3. The van der Waals surface area contributed by atoms with E-state index in [0.29, 0.717) is 19.5 Å². The van der Waals surface area contributed by atoms with Crippen LogP contribution in [0.3, 0.4) is 0 Å². The number of benzene rings is 1. The van der Waals surface area contributed by atoms with Gasteiger partial charge in [0.25, 0.3) is 0 Å². The second-order valence-corrected chi connectivity index (χ2v) is 7.44. The third-order valence-electron chi connectivity index (χ3n) is 5.83. The van der Waals surface area contributed by atoms with E-state index < -0.39 is 0 Å². The summed E-state index contributed by atoms with van der Waals surface area (Å²) < 4.78 is 3.35. The average molecular weight is 354 g/mol. The van der Waals surface area contributed by atoms with Gasteiger partial charge in [0.2, 0.25) is 5.91 Å². The van der Waals surface area contributed by atoms with Crippen LogP contribution in [0, 0.1) is 0 Å².